The molecule has 1 aromatic rings. The lowest BCUT2D eigenvalue weighted by atomic mass is 10.1. The summed E-state index contributed by atoms with van der Waals surface area (Å²) in [5.41, 5.74) is 1.00. The molecule has 4 heteroatoms. The molecule has 1 aromatic carbocycles. The second-order valence-corrected chi connectivity index (χ2v) is 4.16. The van der Waals surface area contributed by atoms with Gasteiger partial charge in [0, 0.05) is 41.3 Å². The Kier molecular flexibility index (Phi) is 3.29. The summed E-state index contributed by atoms with van der Waals surface area (Å²) in [5, 5.41) is 8.16. The summed E-state index contributed by atoms with van der Waals surface area (Å²) in [5.74, 6) is 0. The second-order valence-electron chi connectivity index (χ2n) is 3.35. The minimum Gasteiger partial charge on any atom is -0.314 e. The third kappa shape index (κ3) is 2.04. The first-order valence-corrected chi connectivity index (χ1v) is 5.42. The average Bonchev–Trinajstić information content (AvgIpc) is 2.19. The minimum atomic E-state index is 0.227. The van der Waals surface area contributed by atoms with Crippen LogP contribution in [0.25, 0.3) is 0 Å². The first-order valence-electron chi connectivity index (χ1n) is 4.67. The quantitative estimate of drug-likeness (QED) is 0.774. The van der Waals surface area contributed by atoms with Gasteiger partial charge >= 0.3 is 0 Å². The highest BCUT2D eigenvalue weighted by molar-refractivity contribution is 6.36. The van der Waals surface area contributed by atoms with Crippen LogP contribution in [0.4, 0.5) is 0 Å². The second kappa shape index (κ2) is 4.49. The Labute approximate surface area is 93.6 Å². The topological polar surface area (TPSA) is 24.1 Å². The molecule has 2 N–H and O–H groups in total. The Bertz CT molecular complexity index is 302. The molecular weight excluding hydrogens is 219 g/mol. The maximum absolute atomic E-state index is 6.11. The van der Waals surface area contributed by atoms with E-state index in [0.29, 0.717) is 0 Å². The van der Waals surface area contributed by atoms with Gasteiger partial charge in [-0.2, -0.15) is 0 Å². The zero-order chi connectivity index (χ0) is 9.97. The van der Waals surface area contributed by atoms with Gasteiger partial charge in [0.2, 0.25) is 0 Å². The van der Waals surface area contributed by atoms with Crippen molar-refractivity contribution in [1.29, 1.82) is 0 Å². The van der Waals surface area contributed by atoms with E-state index in [1.807, 2.05) is 18.2 Å². The van der Waals surface area contributed by atoms with Crippen molar-refractivity contribution in [2.45, 2.75) is 6.04 Å². The van der Waals surface area contributed by atoms with E-state index < -0.39 is 0 Å². The number of nitrogens with one attached hydrogen (secondary N) is 2. The molecule has 2 rings (SSSR count). The predicted octanol–water partition coefficient (Wildman–Crippen LogP) is 2.23. The Morgan fingerprint density at radius 1 is 1.14 bits per heavy atom. The van der Waals surface area contributed by atoms with Gasteiger partial charge in [0.1, 0.15) is 0 Å². The first-order chi connectivity index (χ1) is 6.79. The molecular formula is C10H12Cl2N2. The normalized spacial score (nSPS) is 22.3. The zero-order valence-corrected chi connectivity index (χ0v) is 9.20. The molecule has 1 saturated heterocycles. The summed E-state index contributed by atoms with van der Waals surface area (Å²) in [4.78, 5) is 0. The minimum absolute atomic E-state index is 0.227. The van der Waals surface area contributed by atoms with E-state index >= 15 is 0 Å². The molecule has 0 bridgehead atoms. The standard InChI is InChI=1S/C10H12Cl2N2/c11-7-2-1-3-8(12)10(7)9-6-13-4-5-14-9/h1-3,9,13-14H,4-6H2/t9-/m1/s1. The van der Waals surface area contributed by atoms with Gasteiger partial charge in [-0.1, -0.05) is 29.3 Å². The number of benzene rings is 1. The summed E-state index contributed by atoms with van der Waals surface area (Å²) < 4.78 is 0. The summed E-state index contributed by atoms with van der Waals surface area (Å²) in [6.07, 6.45) is 0. The van der Waals surface area contributed by atoms with Crippen LogP contribution < -0.4 is 10.6 Å². The van der Waals surface area contributed by atoms with Crippen molar-refractivity contribution >= 4 is 23.2 Å². The molecule has 0 unspecified atom stereocenters. The molecule has 1 fully saturated rings. The molecule has 0 aliphatic carbocycles. The van der Waals surface area contributed by atoms with Gasteiger partial charge in [-0.25, -0.2) is 0 Å². The maximum Gasteiger partial charge on any atom is 0.0476 e. The van der Waals surface area contributed by atoms with Crippen LogP contribution in [0.3, 0.4) is 0 Å². The molecule has 2 nitrogen and oxygen atoms in total. The van der Waals surface area contributed by atoms with E-state index in [4.69, 9.17) is 23.2 Å². The van der Waals surface area contributed by atoms with E-state index in [-0.39, 0.29) is 6.04 Å². The van der Waals surface area contributed by atoms with Crippen molar-refractivity contribution in [1.82, 2.24) is 10.6 Å². The van der Waals surface area contributed by atoms with E-state index in [1.54, 1.807) is 0 Å². The van der Waals surface area contributed by atoms with Crippen LogP contribution in [0.5, 0.6) is 0 Å². The lowest BCUT2D eigenvalue weighted by Crippen LogP contribution is -2.42. The zero-order valence-electron chi connectivity index (χ0n) is 7.69. The van der Waals surface area contributed by atoms with Crippen molar-refractivity contribution in [3.8, 4) is 0 Å². The highest BCUT2D eigenvalue weighted by Gasteiger charge is 2.19. The van der Waals surface area contributed by atoms with Crippen LogP contribution in [0.2, 0.25) is 10.0 Å². The Morgan fingerprint density at radius 3 is 2.43 bits per heavy atom. The summed E-state index contributed by atoms with van der Waals surface area (Å²) in [6, 6.07) is 5.84. The molecule has 76 valence electrons. The van der Waals surface area contributed by atoms with E-state index in [9.17, 15) is 0 Å². The lowest BCUT2D eigenvalue weighted by Gasteiger charge is -2.26. The molecule has 0 amide bonds. The van der Waals surface area contributed by atoms with Gasteiger partial charge in [0.25, 0.3) is 0 Å². The van der Waals surface area contributed by atoms with Crippen molar-refractivity contribution in [3.63, 3.8) is 0 Å². The number of hydrogen-bond acceptors (Lipinski definition) is 2. The molecule has 0 radical (unpaired) electrons. The van der Waals surface area contributed by atoms with Crippen LogP contribution in [0.15, 0.2) is 18.2 Å². The van der Waals surface area contributed by atoms with E-state index in [2.05, 4.69) is 10.6 Å². The van der Waals surface area contributed by atoms with Crippen LogP contribution in [0.1, 0.15) is 11.6 Å². The number of halogens is 2. The third-order valence-electron chi connectivity index (χ3n) is 2.39. The van der Waals surface area contributed by atoms with Crippen molar-refractivity contribution in [2.75, 3.05) is 19.6 Å². The highest BCUT2D eigenvalue weighted by atomic mass is 35.5. The number of piperazine rings is 1. The Balaban J connectivity index is 2.29. The van der Waals surface area contributed by atoms with Gasteiger partial charge in [0.05, 0.1) is 0 Å². The largest absolute Gasteiger partial charge is 0.314 e. The fourth-order valence-electron chi connectivity index (χ4n) is 1.70. The fourth-order valence-corrected chi connectivity index (χ4v) is 2.36. The first kappa shape index (κ1) is 10.2. The predicted molar refractivity (Wildman–Crippen MR) is 60.1 cm³/mol. The SMILES string of the molecule is Clc1cccc(Cl)c1[C@H]1CNCCN1. The van der Waals surface area contributed by atoms with Crippen molar-refractivity contribution in [3.05, 3.63) is 33.8 Å². The molecule has 1 heterocycles. The molecule has 0 spiro atoms. The third-order valence-corrected chi connectivity index (χ3v) is 3.05. The average molecular weight is 231 g/mol. The van der Waals surface area contributed by atoms with Gasteiger partial charge in [-0.05, 0) is 12.1 Å². The molecule has 14 heavy (non-hydrogen) atoms. The molecule has 0 aromatic heterocycles. The van der Waals surface area contributed by atoms with Gasteiger partial charge in [-0.15, -0.1) is 0 Å². The van der Waals surface area contributed by atoms with Gasteiger partial charge < -0.3 is 10.6 Å². The smallest absolute Gasteiger partial charge is 0.0476 e. The summed E-state index contributed by atoms with van der Waals surface area (Å²) >= 11 is 12.2. The van der Waals surface area contributed by atoms with E-state index in [0.717, 1.165) is 35.2 Å². The van der Waals surface area contributed by atoms with Crippen molar-refractivity contribution < 1.29 is 0 Å². The molecule has 1 aliphatic rings. The van der Waals surface area contributed by atoms with Crippen molar-refractivity contribution in [2.24, 2.45) is 0 Å². The van der Waals surface area contributed by atoms with Gasteiger partial charge in [0.15, 0.2) is 0 Å². The monoisotopic (exact) mass is 230 g/mol. The molecule has 1 aliphatic heterocycles. The summed E-state index contributed by atoms with van der Waals surface area (Å²) in [6.45, 7) is 2.83. The number of rotatable bonds is 1. The highest BCUT2D eigenvalue weighted by Crippen LogP contribution is 2.30. The van der Waals surface area contributed by atoms with Crippen LogP contribution in [-0.4, -0.2) is 19.6 Å². The Hall–Kier alpha value is -0.280. The maximum atomic E-state index is 6.11. The Morgan fingerprint density at radius 2 is 1.86 bits per heavy atom. The van der Waals surface area contributed by atoms with Gasteiger partial charge in [-0.3, -0.25) is 0 Å². The van der Waals surface area contributed by atoms with Crippen LogP contribution in [-0.2, 0) is 0 Å². The van der Waals surface area contributed by atoms with Crippen LogP contribution >= 0.6 is 23.2 Å². The van der Waals surface area contributed by atoms with Crippen LogP contribution in [0, 0.1) is 0 Å². The molecule has 0 saturated carbocycles. The summed E-state index contributed by atoms with van der Waals surface area (Å²) in [7, 11) is 0. The molecule has 1 atom stereocenters. The van der Waals surface area contributed by atoms with E-state index in [1.165, 1.54) is 0 Å². The lowest BCUT2D eigenvalue weighted by molar-refractivity contribution is 0.430. The number of hydrogen-bond donors (Lipinski definition) is 2. The fraction of sp³-hybridized carbons (Fsp3) is 0.400.